The molecule has 0 amide bonds. The smallest absolute Gasteiger partial charge is 0.125 e. The molecule has 2 aromatic carbocycles. The van der Waals surface area contributed by atoms with Crippen molar-refractivity contribution in [2.45, 2.75) is 30.9 Å². The number of halogens is 1. The molecule has 1 heterocycles. The summed E-state index contributed by atoms with van der Waals surface area (Å²) in [6, 6.07) is 14.3. The minimum Gasteiger partial charge on any atom is -0.486 e. The maximum Gasteiger partial charge on any atom is 0.125 e. The summed E-state index contributed by atoms with van der Waals surface area (Å²) >= 11 is 6.06. The first-order valence-electron chi connectivity index (χ1n) is 6.96. The fourth-order valence-electron chi connectivity index (χ4n) is 3.56. The second kappa shape index (κ2) is 4.24. The Balaban J connectivity index is 1.73. The minimum atomic E-state index is -0.177. The minimum absolute atomic E-state index is 0.00763. The lowest BCUT2D eigenvalue weighted by Crippen LogP contribution is -2.43. The van der Waals surface area contributed by atoms with Gasteiger partial charge in [-0.1, -0.05) is 35.9 Å². The molecule has 2 aromatic rings. The molecule has 2 nitrogen and oxygen atoms in total. The highest BCUT2D eigenvalue weighted by molar-refractivity contribution is 6.30. The van der Waals surface area contributed by atoms with Crippen LogP contribution in [0.3, 0.4) is 0 Å². The largest absolute Gasteiger partial charge is 0.486 e. The molecule has 20 heavy (non-hydrogen) atoms. The Kier molecular flexibility index (Phi) is 2.60. The number of nitrogens with two attached hydrogens (primary N) is 1. The van der Waals surface area contributed by atoms with E-state index in [1.807, 2.05) is 18.2 Å². The highest BCUT2D eigenvalue weighted by Gasteiger charge is 2.44. The van der Waals surface area contributed by atoms with Crippen molar-refractivity contribution in [2.24, 2.45) is 5.73 Å². The summed E-state index contributed by atoms with van der Waals surface area (Å²) in [6.45, 7) is 0. The molecular formula is C17H16ClNO. The number of benzene rings is 2. The van der Waals surface area contributed by atoms with E-state index >= 15 is 0 Å². The Morgan fingerprint density at radius 3 is 2.50 bits per heavy atom. The van der Waals surface area contributed by atoms with Crippen LogP contribution < -0.4 is 10.5 Å². The van der Waals surface area contributed by atoms with Gasteiger partial charge in [0.25, 0.3) is 0 Å². The molecule has 1 atom stereocenters. The van der Waals surface area contributed by atoms with Crippen LogP contribution in [0.2, 0.25) is 5.02 Å². The fraction of sp³-hybridized carbons (Fsp3) is 0.294. The van der Waals surface area contributed by atoms with E-state index in [1.54, 1.807) is 0 Å². The highest BCUT2D eigenvalue weighted by Crippen LogP contribution is 2.45. The summed E-state index contributed by atoms with van der Waals surface area (Å²) in [5.74, 6) is 0.890. The summed E-state index contributed by atoms with van der Waals surface area (Å²) in [5.41, 5.74) is 9.99. The molecule has 3 heteroatoms. The van der Waals surface area contributed by atoms with Crippen LogP contribution >= 0.6 is 11.6 Å². The SMILES string of the molecule is NC1CC2(Cc3ccccc3C2)Oc2ccc(Cl)cc21. The molecule has 1 aliphatic heterocycles. The van der Waals surface area contributed by atoms with Crippen molar-refractivity contribution in [1.82, 2.24) is 0 Å². The van der Waals surface area contributed by atoms with Gasteiger partial charge in [-0.05, 0) is 29.3 Å². The van der Waals surface area contributed by atoms with Crippen LogP contribution in [-0.4, -0.2) is 5.60 Å². The molecule has 0 fully saturated rings. The quantitative estimate of drug-likeness (QED) is 0.802. The summed E-state index contributed by atoms with van der Waals surface area (Å²) in [5, 5.41) is 0.716. The number of rotatable bonds is 0. The van der Waals surface area contributed by atoms with Crippen LogP contribution in [0.1, 0.15) is 29.2 Å². The van der Waals surface area contributed by atoms with Crippen LogP contribution in [0, 0.1) is 0 Å². The molecule has 1 spiro atoms. The predicted octanol–water partition coefficient (Wildman–Crippen LogP) is 3.66. The van der Waals surface area contributed by atoms with Gasteiger partial charge in [0, 0.05) is 35.9 Å². The zero-order valence-corrected chi connectivity index (χ0v) is 11.9. The third kappa shape index (κ3) is 1.83. The van der Waals surface area contributed by atoms with Crippen LogP contribution in [0.4, 0.5) is 0 Å². The van der Waals surface area contributed by atoms with Crippen molar-refractivity contribution in [3.8, 4) is 5.75 Å². The second-order valence-corrected chi connectivity index (χ2v) is 6.34. The molecule has 1 unspecified atom stereocenters. The van der Waals surface area contributed by atoms with E-state index < -0.39 is 0 Å². The van der Waals surface area contributed by atoms with Crippen molar-refractivity contribution in [3.63, 3.8) is 0 Å². The van der Waals surface area contributed by atoms with Gasteiger partial charge >= 0.3 is 0 Å². The maximum atomic E-state index is 6.37. The molecule has 0 radical (unpaired) electrons. The molecule has 0 aromatic heterocycles. The van der Waals surface area contributed by atoms with Gasteiger partial charge in [0.2, 0.25) is 0 Å². The number of hydrogen-bond donors (Lipinski definition) is 1. The third-order valence-electron chi connectivity index (χ3n) is 4.43. The number of fused-ring (bicyclic) bond motifs is 2. The van der Waals surface area contributed by atoms with Gasteiger partial charge < -0.3 is 10.5 Å². The number of hydrogen-bond acceptors (Lipinski definition) is 2. The first-order chi connectivity index (χ1) is 9.65. The second-order valence-electron chi connectivity index (χ2n) is 5.90. The Labute approximate surface area is 123 Å². The van der Waals surface area contributed by atoms with E-state index in [0.717, 1.165) is 30.6 Å². The van der Waals surface area contributed by atoms with Gasteiger partial charge in [-0.3, -0.25) is 0 Å². The van der Waals surface area contributed by atoms with E-state index in [2.05, 4.69) is 24.3 Å². The molecule has 2 aliphatic rings. The Morgan fingerprint density at radius 1 is 1.10 bits per heavy atom. The highest BCUT2D eigenvalue weighted by atomic mass is 35.5. The topological polar surface area (TPSA) is 35.2 Å². The lowest BCUT2D eigenvalue weighted by Gasteiger charge is -2.38. The van der Waals surface area contributed by atoms with Crippen LogP contribution in [0.25, 0.3) is 0 Å². The molecule has 0 bridgehead atoms. The van der Waals surface area contributed by atoms with E-state index in [4.69, 9.17) is 22.1 Å². The predicted molar refractivity (Wildman–Crippen MR) is 80.2 cm³/mol. The van der Waals surface area contributed by atoms with Gasteiger partial charge in [0.15, 0.2) is 0 Å². The normalized spacial score (nSPS) is 22.2. The van der Waals surface area contributed by atoms with Gasteiger partial charge in [0.05, 0.1) is 0 Å². The summed E-state index contributed by atoms with van der Waals surface area (Å²) in [4.78, 5) is 0. The zero-order valence-electron chi connectivity index (χ0n) is 11.1. The Hall–Kier alpha value is -1.51. The molecule has 0 saturated heterocycles. The average Bonchev–Trinajstić information content (AvgIpc) is 2.77. The first-order valence-corrected chi connectivity index (χ1v) is 7.34. The number of ether oxygens (including phenoxy) is 1. The van der Waals surface area contributed by atoms with Gasteiger partial charge in [-0.25, -0.2) is 0 Å². The molecule has 2 N–H and O–H groups in total. The molecule has 4 rings (SSSR count). The van der Waals surface area contributed by atoms with E-state index in [9.17, 15) is 0 Å². The summed E-state index contributed by atoms with van der Waals surface area (Å²) in [7, 11) is 0. The summed E-state index contributed by atoms with van der Waals surface area (Å²) < 4.78 is 6.35. The fourth-order valence-corrected chi connectivity index (χ4v) is 3.74. The van der Waals surface area contributed by atoms with Gasteiger partial charge in [0.1, 0.15) is 11.4 Å². The van der Waals surface area contributed by atoms with Crippen LogP contribution in [-0.2, 0) is 12.8 Å². The Morgan fingerprint density at radius 2 is 1.80 bits per heavy atom. The van der Waals surface area contributed by atoms with Crippen molar-refractivity contribution in [1.29, 1.82) is 0 Å². The van der Waals surface area contributed by atoms with Crippen molar-refractivity contribution < 1.29 is 4.74 Å². The van der Waals surface area contributed by atoms with Crippen molar-refractivity contribution in [3.05, 3.63) is 64.2 Å². The Bertz CT molecular complexity index is 657. The molecule has 0 saturated carbocycles. The van der Waals surface area contributed by atoms with Crippen molar-refractivity contribution in [2.75, 3.05) is 0 Å². The standard InChI is InChI=1S/C17H16ClNO/c18-13-5-6-16-14(7-13)15(19)10-17(20-16)8-11-3-1-2-4-12(11)9-17/h1-7,15H,8-10,19H2. The summed E-state index contributed by atoms with van der Waals surface area (Å²) in [6.07, 6.45) is 2.73. The van der Waals surface area contributed by atoms with E-state index in [-0.39, 0.29) is 11.6 Å². The monoisotopic (exact) mass is 285 g/mol. The third-order valence-corrected chi connectivity index (χ3v) is 4.67. The van der Waals surface area contributed by atoms with Gasteiger partial charge in [-0.2, -0.15) is 0 Å². The van der Waals surface area contributed by atoms with E-state index in [1.165, 1.54) is 11.1 Å². The first kappa shape index (κ1) is 12.2. The molecule has 1 aliphatic carbocycles. The van der Waals surface area contributed by atoms with Crippen molar-refractivity contribution >= 4 is 11.6 Å². The zero-order chi connectivity index (χ0) is 13.7. The van der Waals surface area contributed by atoms with Gasteiger partial charge in [-0.15, -0.1) is 0 Å². The molecular weight excluding hydrogens is 270 g/mol. The van der Waals surface area contributed by atoms with Crippen LogP contribution in [0.15, 0.2) is 42.5 Å². The maximum absolute atomic E-state index is 6.37. The lowest BCUT2D eigenvalue weighted by atomic mass is 9.85. The average molecular weight is 286 g/mol. The van der Waals surface area contributed by atoms with Crippen LogP contribution in [0.5, 0.6) is 5.75 Å². The molecule has 102 valence electrons. The lowest BCUT2D eigenvalue weighted by molar-refractivity contribution is 0.0460. The van der Waals surface area contributed by atoms with E-state index in [0.29, 0.717) is 5.02 Å².